The highest BCUT2D eigenvalue weighted by atomic mass is 16.2. The predicted molar refractivity (Wildman–Crippen MR) is 78.5 cm³/mol. The molecule has 4 amide bonds. The van der Waals surface area contributed by atoms with Gasteiger partial charge in [-0.15, -0.1) is 0 Å². The number of imide groups is 2. The molecule has 6 heteroatoms. The lowest BCUT2D eigenvalue weighted by Crippen LogP contribution is -2.61. The summed E-state index contributed by atoms with van der Waals surface area (Å²) in [5.74, 6) is -1.70. The molecule has 2 unspecified atom stereocenters. The molecule has 2 rings (SSSR count). The normalized spacial score (nSPS) is 26.2. The number of hydrogen-bond acceptors (Lipinski definition) is 4. The van der Waals surface area contributed by atoms with Crippen LogP contribution in [0.5, 0.6) is 0 Å². The maximum Gasteiger partial charge on any atom is 0.330 e. The van der Waals surface area contributed by atoms with Gasteiger partial charge >= 0.3 is 6.03 Å². The second-order valence-corrected chi connectivity index (χ2v) is 6.41. The van der Waals surface area contributed by atoms with Crippen molar-refractivity contribution in [3.05, 3.63) is 0 Å². The number of carbonyl (C=O) groups is 3. The Morgan fingerprint density at radius 3 is 2.29 bits per heavy atom. The van der Waals surface area contributed by atoms with Crippen molar-refractivity contribution in [1.82, 2.24) is 15.1 Å². The summed E-state index contributed by atoms with van der Waals surface area (Å²) in [4.78, 5) is 39.7. The third kappa shape index (κ3) is 3.43. The summed E-state index contributed by atoms with van der Waals surface area (Å²) in [5, 5.41) is 2.31. The van der Waals surface area contributed by atoms with Crippen LogP contribution in [-0.2, 0) is 9.59 Å². The molecule has 2 saturated heterocycles. The number of nitrogens with zero attached hydrogens (tertiary/aromatic N) is 2. The smallest absolute Gasteiger partial charge is 0.299 e. The molecule has 1 N–H and O–H groups in total. The van der Waals surface area contributed by atoms with E-state index in [0.29, 0.717) is 6.54 Å². The first-order valence-electron chi connectivity index (χ1n) is 7.82. The number of carbonyl (C=O) groups excluding carboxylic acids is 3. The minimum absolute atomic E-state index is 0.113. The van der Waals surface area contributed by atoms with E-state index in [-0.39, 0.29) is 17.9 Å². The van der Waals surface area contributed by atoms with E-state index in [9.17, 15) is 14.4 Å². The summed E-state index contributed by atoms with van der Waals surface area (Å²) < 4.78 is 0. The van der Waals surface area contributed by atoms with E-state index in [2.05, 4.69) is 10.2 Å². The Kier molecular flexibility index (Phi) is 4.98. The fourth-order valence-electron chi connectivity index (χ4n) is 3.13. The average molecular weight is 295 g/mol. The van der Waals surface area contributed by atoms with E-state index in [4.69, 9.17) is 0 Å². The van der Waals surface area contributed by atoms with Gasteiger partial charge in [0.15, 0.2) is 0 Å². The van der Waals surface area contributed by atoms with E-state index < -0.39 is 17.9 Å². The molecule has 2 fully saturated rings. The number of urea groups is 1. The van der Waals surface area contributed by atoms with E-state index in [0.717, 1.165) is 25.9 Å². The van der Waals surface area contributed by atoms with Crippen LogP contribution < -0.4 is 5.32 Å². The Morgan fingerprint density at radius 2 is 1.71 bits per heavy atom. The highest BCUT2D eigenvalue weighted by molar-refractivity contribution is 6.16. The summed E-state index contributed by atoms with van der Waals surface area (Å²) in [7, 11) is 0. The Morgan fingerprint density at radius 1 is 1.10 bits per heavy atom. The van der Waals surface area contributed by atoms with Gasteiger partial charge in [-0.2, -0.15) is 0 Å². The molecule has 2 aliphatic rings. The van der Waals surface area contributed by atoms with Crippen molar-refractivity contribution in [2.24, 2.45) is 11.8 Å². The standard InChI is InChI=1S/C15H25N3O3/c1-10(2)12-13(19)16-15(21)18(14(12)20)9-11(3)17-7-5-4-6-8-17/h10-12H,4-9H2,1-3H3,(H,16,19,21). The van der Waals surface area contributed by atoms with Gasteiger partial charge in [-0.1, -0.05) is 20.3 Å². The first kappa shape index (κ1) is 15.9. The molecule has 2 heterocycles. The Bertz CT molecular complexity index is 430. The molecule has 118 valence electrons. The molecule has 0 spiro atoms. The van der Waals surface area contributed by atoms with Crippen molar-refractivity contribution < 1.29 is 14.4 Å². The lowest BCUT2D eigenvalue weighted by molar-refractivity contribution is -0.145. The number of likely N-dealkylation sites (tertiary alicyclic amines) is 1. The monoisotopic (exact) mass is 295 g/mol. The predicted octanol–water partition coefficient (Wildman–Crippen LogP) is 1.21. The quantitative estimate of drug-likeness (QED) is 0.792. The van der Waals surface area contributed by atoms with Gasteiger partial charge in [0.2, 0.25) is 11.8 Å². The third-order valence-corrected chi connectivity index (χ3v) is 4.42. The van der Waals surface area contributed by atoms with Crippen molar-refractivity contribution in [3.63, 3.8) is 0 Å². The largest absolute Gasteiger partial charge is 0.330 e. The fraction of sp³-hybridized carbons (Fsp3) is 0.800. The number of amides is 4. The minimum Gasteiger partial charge on any atom is -0.299 e. The van der Waals surface area contributed by atoms with Gasteiger partial charge < -0.3 is 0 Å². The maximum atomic E-state index is 12.4. The molecular formula is C15H25N3O3. The second-order valence-electron chi connectivity index (χ2n) is 6.41. The Hall–Kier alpha value is -1.43. The Balaban J connectivity index is 2.04. The van der Waals surface area contributed by atoms with Crippen molar-refractivity contribution in [2.75, 3.05) is 19.6 Å². The molecule has 21 heavy (non-hydrogen) atoms. The molecule has 0 saturated carbocycles. The topological polar surface area (TPSA) is 69.7 Å². The van der Waals surface area contributed by atoms with Crippen LogP contribution in [0, 0.1) is 11.8 Å². The molecule has 0 bridgehead atoms. The Labute approximate surface area is 125 Å². The molecule has 0 aromatic rings. The number of barbiturate groups is 1. The lowest BCUT2D eigenvalue weighted by atomic mass is 9.92. The molecule has 0 aromatic carbocycles. The van der Waals surface area contributed by atoms with Crippen LogP contribution in [0.2, 0.25) is 0 Å². The van der Waals surface area contributed by atoms with E-state index in [1.807, 2.05) is 20.8 Å². The average Bonchev–Trinajstić information content (AvgIpc) is 2.43. The van der Waals surface area contributed by atoms with Gasteiger partial charge in [-0.05, 0) is 38.8 Å². The molecule has 0 aromatic heterocycles. The van der Waals surface area contributed by atoms with Crippen molar-refractivity contribution in [3.8, 4) is 0 Å². The van der Waals surface area contributed by atoms with Crippen LogP contribution in [0.25, 0.3) is 0 Å². The van der Waals surface area contributed by atoms with Crippen molar-refractivity contribution in [1.29, 1.82) is 0 Å². The van der Waals surface area contributed by atoms with Crippen LogP contribution >= 0.6 is 0 Å². The number of rotatable bonds is 4. The van der Waals surface area contributed by atoms with Crippen molar-refractivity contribution >= 4 is 17.8 Å². The van der Waals surface area contributed by atoms with E-state index >= 15 is 0 Å². The number of nitrogens with one attached hydrogen (secondary N) is 1. The molecular weight excluding hydrogens is 270 g/mol. The third-order valence-electron chi connectivity index (χ3n) is 4.42. The van der Waals surface area contributed by atoms with Crippen LogP contribution in [0.15, 0.2) is 0 Å². The van der Waals surface area contributed by atoms with Gasteiger partial charge in [0.05, 0.1) is 0 Å². The second kappa shape index (κ2) is 6.56. The van der Waals surface area contributed by atoms with E-state index in [1.54, 1.807) is 0 Å². The zero-order valence-electron chi connectivity index (χ0n) is 13.1. The zero-order chi connectivity index (χ0) is 15.6. The zero-order valence-corrected chi connectivity index (χ0v) is 13.1. The maximum absolute atomic E-state index is 12.4. The SMILES string of the molecule is CC(C)C1C(=O)NC(=O)N(CC(C)N2CCCCC2)C1=O. The van der Waals surface area contributed by atoms with Crippen LogP contribution in [-0.4, -0.2) is 53.3 Å². The lowest BCUT2D eigenvalue weighted by Gasteiger charge is -2.37. The van der Waals surface area contributed by atoms with Gasteiger partial charge in [0, 0.05) is 12.6 Å². The number of piperidine rings is 1. The minimum atomic E-state index is -0.753. The van der Waals surface area contributed by atoms with E-state index in [1.165, 1.54) is 11.3 Å². The van der Waals surface area contributed by atoms with Crippen LogP contribution in [0.3, 0.4) is 0 Å². The summed E-state index contributed by atoms with van der Waals surface area (Å²) in [6, 6.07) is -0.452. The molecule has 6 nitrogen and oxygen atoms in total. The molecule has 2 aliphatic heterocycles. The van der Waals surface area contributed by atoms with Gasteiger partial charge in [-0.3, -0.25) is 24.7 Å². The number of hydrogen-bond donors (Lipinski definition) is 1. The summed E-state index contributed by atoms with van der Waals surface area (Å²) in [6.45, 7) is 8.05. The highest BCUT2D eigenvalue weighted by Crippen LogP contribution is 2.20. The fourth-order valence-corrected chi connectivity index (χ4v) is 3.13. The van der Waals surface area contributed by atoms with Crippen LogP contribution in [0.1, 0.15) is 40.0 Å². The van der Waals surface area contributed by atoms with Gasteiger partial charge in [-0.25, -0.2) is 4.79 Å². The first-order valence-corrected chi connectivity index (χ1v) is 7.82. The molecule has 2 atom stereocenters. The van der Waals surface area contributed by atoms with Gasteiger partial charge in [0.25, 0.3) is 0 Å². The summed E-state index contributed by atoms with van der Waals surface area (Å²) in [5.41, 5.74) is 0. The summed E-state index contributed by atoms with van der Waals surface area (Å²) >= 11 is 0. The van der Waals surface area contributed by atoms with Crippen molar-refractivity contribution in [2.45, 2.75) is 46.1 Å². The molecule has 0 radical (unpaired) electrons. The first-order chi connectivity index (χ1) is 9.91. The highest BCUT2D eigenvalue weighted by Gasteiger charge is 2.42. The van der Waals surface area contributed by atoms with Crippen LogP contribution in [0.4, 0.5) is 4.79 Å². The molecule has 0 aliphatic carbocycles. The van der Waals surface area contributed by atoms with Gasteiger partial charge in [0.1, 0.15) is 5.92 Å². The summed E-state index contributed by atoms with van der Waals surface area (Å²) in [6.07, 6.45) is 3.57.